The molecule has 1 aromatic carbocycles. The van der Waals surface area contributed by atoms with Crippen molar-refractivity contribution in [1.29, 1.82) is 0 Å². The Morgan fingerprint density at radius 1 is 1.12 bits per heavy atom. The summed E-state index contributed by atoms with van der Waals surface area (Å²) in [4.78, 5) is 10.8. The van der Waals surface area contributed by atoms with E-state index in [1.165, 1.54) is 6.33 Å². The molecule has 118 valence electrons. The van der Waals surface area contributed by atoms with Crippen molar-refractivity contribution in [2.45, 2.75) is 0 Å². The van der Waals surface area contributed by atoms with Crippen LogP contribution in [0.3, 0.4) is 0 Å². The van der Waals surface area contributed by atoms with Crippen LogP contribution in [0, 0.1) is 0 Å². The van der Waals surface area contributed by atoms with Crippen molar-refractivity contribution < 1.29 is 0 Å². The first-order valence-corrected chi connectivity index (χ1v) is 9.21. The zero-order chi connectivity index (χ0) is 16.4. The number of halogens is 1. The zero-order valence-corrected chi connectivity index (χ0v) is 14.7. The van der Waals surface area contributed by atoms with E-state index in [-0.39, 0.29) is 0 Å². The highest BCUT2D eigenvalue weighted by Crippen LogP contribution is 2.38. The third kappa shape index (κ3) is 3.03. The van der Waals surface area contributed by atoms with Gasteiger partial charge < -0.3 is 0 Å². The molecule has 0 unspecified atom stereocenters. The number of hydrazone groups is 1. The van der Waals surface area contributed by atoms with Gasteiger partial charge in [0.05, 0.1) is 16.4 Å². The summed E-state index contributed by atoms with van der Waals surface area (Å²) in [5.74, 6) is 0.691. The quantitative estimate of drug-likeness (QED) is 0.380. The Morgan fingerprint density at radius 3 is 2.88 bits per heavy atom. The van der Waals surface area contributed by atoms with Crippen LogP contribution in [0.4, 0.5) is 5.82 Å². The molecule has 0 radical (unpaired) electrons. The molecular weight excluding hydrogens is 360 g/mol. The van der Waals surface area contributed by atoms with E-state index < -0.39 is 0 Å². The summed E-state index contributed by atoms with van der Waals surface area (Å²) in [5.41, 5.74) is 4.88. The van der Waals surface area contributed by atoms with Crippen molar-refractivity contribution in [3.63, 3.8) is 0 Å². The lowest BCUT2D eigenvalue weighted by atomic mass is 10.2. The number of fused-ring (bicyclic) bond motifs is 1. The fourth-order valence-electron chi connectivity index (χ4n) is 2.25. The summed E-state index contributed by atoms with van der Waals surface area (Å²) in [5, 5.41) is 7.00. The smallest absolute Gasteiger partial charge is 0.167 e. The molecule has 4 rings (SSSR count). The number of nitrogens with zero attached hydrogens (tertiary/aromatic N) is 3. The zero-order valence-electron chi connectivity index (χ0n) is 12.3. The second-order valence-electron chi connectivity index (χ2n) is 4.91. The molecule has 7 heteroatoms. The van der Waals surface area contributed by atoms with Gasteiger partial charge in [0, 0.05) is 20.3 Å². The Labute approximate surface area is 151 Å². The molecule has 0 aliphatic heterocycles. The average Bonchev–Trinajstić information content (AvgIpc) is 3.25. The first-order chi connectivity index (χ1) is 11.8. The van der Waals surface area contributed by atoms with E-state index in [0.717, 1.165) is 30.6 Å². The maximum absolute atomic E-state index is 6.30. The van der Waals surface area contributed by atoms with Crippen molar-refractivity contribution >= 4 is 56.5 Å². The minimum atomic E-state index is 0.691. The molecule has 3 heterocycles. The average molecular weight is 371 g/mol. The highest BCUT2D eigenvalue weighted by atomic mass is 35.5. The molecule has 0 spiro atoms. The van der Waals surface area contributed by atoms with Crippen molar-refractivity contribution in [2.24, 2.45) is 5.10 Å². The van der Waals surface area contributed by atoms with Crippen LogP contribution in [0.1, 0.15) is 4.88 Å². The lowest BCUT2D eigenvalue weighted by Crippen LogP contribution is -1.93. The normalized spacial score (nSPS) is 11.4. The minimum Gasteiger partial charge on any atom is -0.260 e. The van der Waals surface area contributed by atoms with Gasteiger partial charge in [-0.1, -0.05) is 35.9 Å². The van der Waals surface area contributed by atoms with Crippen LogP contribution < -0.4 is 5.43 Å². The fourth-order valence-corrected chi connectivity index (χ4v) is 4.22. The van der Waals surface area contributed by atoms with Gasteiger partial charge in [-0.15, -0.1) is 22.7 Å². The van der Waals surface area contributed by atoms with E-state index in [1.807, 2.05) is 47.8 Å². The molecule has 3 aromatic heterocycles. The van der Waals surface area contributed by atoms with Gasteiger partial charge in [-0.2, -0.15) is 5.10 Å². The maximum atomic E-state index is 6.30. The van der Waals surface area contributed by atoms with Crippen LogP contribution in [-0.4, -0.2) is 16.2 Å². The van der Waals surface area contributed by atoms with Gasteiger partial charge in [0.25, 0.3) is 0 Å². The Kier molecular flexibility index (Phi) is 4.25. The van der Waals surface area contributed by atoms with Gasteiger partial charge in [0.2, 0.25) is 0 Å². The first-order valence-electron chi connectivity index (χ1n) is 7.13. The molecule has 0 bridgehead atoms. The third-order valence-electron chi connectivity index (χ3n) is 3.36. The van der Waals surface area contributed by atoms with E-state index in [0.29, 0.717) is 5.82 Å². The van der Waals surface area contributed by atoms with Gasteiger partial charge >= 0.3 is 0 Å². The Balaban J connectivity index is 1.69. The van der Waals surface area contributed by atoms with Crippen LogP contribution in [0.2, 0.25) is 5.02 Å². The number of thiophene rings is 2. The van der Waals surface area contributed by atoms with Gasteiger partial charge in [-0.25, -0.2) is 9.97 Å². The molecule has 1 N–H and O–H groups in total. The predicted molar refractivity (Wildman–Crippen MR) is 103 cm³/mol. The highest BCUT2D eigenvalue weighted by Gasteiger charge is 2.11. The second kappa shape index (κ2) is 6.68. The van der Waals surface area contributed by atoms with Gasteiger partial charge in [-0.05, 0) is 23.6 Å². The Hall–Kier alpha value is -2.28. The summed E-state index contributed by atoms with van der Waals surface area (Å²) >= 11 is 9.53. The number of hydrogen-bond donors (Lipinski definition) is 1. The summed E-state index contributed by atoms with van der Waals surface area (Å²) in [7, 11) is 0. The molecule has 0 saturated heterocycles. The second-order valence-corrected chi connectivity index (χ2v) is 7.35. The standard InChI is InChI=1S/C17H11ClN4S2/c18-13-6-2-1-5-12(13)15-8-14-16(24-15)17(20-10-19-14)22-21-9-11-4-3-7-23-11/h1-10H,(H,19,20,22). The lowest BCUT2D eigenvalue weighted by molar-refractivity contribution is 1.19. The molecule has 0 atom stereocenters. The first kappa shape index (κ1) is 15.3. The number of hydrogen-bond acceptors (Lipinski definition) is 6. The molecule has 0 aliphatic rings. The van der Waals surface area contributed by atoms with E-state index in [9.17, 15) is 0 Å². The fraction of sp³-hybridized carbons (Fsp3) is 0. The molecule has 0 fully saturated rings. The number of benzene rings is 1. The van der Waals surface area contributed by atoms with Crippen LogP contribution in [0.5, 0.6) is 0 Å². The maximum Gasteiger partial charge on any atom is 0.167 e. The van der Waals surface area contributed by atoms with Gasteiger partial charge in [-0.3, -0.25) is 5.43 Å². The summed E-state index contributed by atoms with van der Waals surface area (Å²) < 4.78 is 0.954. The number of nitrogens with one attached hydrogen (secondary N) is 1. The molecule has 24 heavy (non-hydrogen) atoms. The van der Waals surface area contributed by atoms with Crippen LogP contribution in [0.15, 0.2) is 59.3 Å². The van der Waals surface area contributed by atoms with Crippen LogP contribution >= 0.6 is 34.3 Å². The Bertz CT molecular complexity index is 1010. The molecular formula is C17H11ClN4S2. The topological polar surface area (TPSA) is 50.2 Å². The molecule has 0 saturated carbocycles. The van der Waals surface area contributed by atoms with Crippen molar-refractivity contribution in [3.8, 4) is 10.4 Å². The summed E-state index contributed by atoms with van der Waals surface area (Å²) in [6.45, 7) is 0. The molecule has 4 aromatic rings. The van der Waals surface area contributed by atoms with E-state index in [4.69, 9.17) is 11.6 Å². The molecule has 0 amide bonds. The Morgan fingerprint density at radius 2 is 2.04 bits per heavy atom. The monoisotopic (exact) mass is 370 g/mol. The van der Waals surface area contributed by atoms with Crippen molar-refractivity contribution in [1.82, 2.24) is 9.97 Å². The summed E-state index contributed by atoms with van der Waals surface area (Å²) in [6, 6.07) is 13.8. The van der Waals surface area contributed by atoms with Crippen molar-refractivity contribution in [3.05, 3.63) is 64.1 Å². The number of rotatable bonds is 4. The van der Waals surface area contributed by atoms with Crippen molar-refractivity contribution in [2.75, 3.05) is 5.43 Å². The summed E-state index contributed by atoms with van der Waals surface area (Å²) in [6.07, 6.45) is 3.32. The van der Waals surface area contributed by atoms with Crippen LogP contribution in [-0.2, 0) is 0 Å². The highest BCUT2D eigenvalue weighted by molar-refractivity contribution is 7.22. The minimum absolute atomic E-state index is 0.691. The SMILES string of the molecule is Clc1ccccc1-c1cc2ncnc(NN=Cc3cccs3)c2s1. The predicted octanol–water partition coefficient (Wildman–Crippen LogP) is 5.52. The third-order valence-corrected chi connectivity index (χ3v) is 5.66. The van der Waals surface area contributed by atoms with Gasteiger partial charge in [0.15, 0.2) is 5.82 Å². The van der Waals surface area contributed by atoms with Gasteiger partial charge in [0.1, 0.15) is 6.33 Å². The number of aromatic nitrogens is 2. The van der Waals surface area contributed by atoms with E-state index in [1.54, 1.807) is 28.9 Å². The largest absolute Gasteiger partial charge is 0.260 e. The molecule has 0 aliphatic carbocycles. The van der Waals surface area contributed by atoms with E-state index in [2.05, 4.69) is 20.5 Å². The van der Waals surface area contributed by atoms with Crippen LogP contribution in [0.25, 0.3) is 20.7 Å². The number of anilines is 1. The lowest BCUT2D eigenvalue weighted by Gasteiger charge is -2.00. The van der Waals surface area contributed by atoms with E-state index >= 15 is 0 Å². The molecule has 4 nitrogen and oxygen atoms in total.